The van der Waals surface area contributed by atoms with E-state index in [0.717, 1.165) is 26.5 Å². The first kappa shape index (κ1) is 21.3. The molecule has 1 aliphatic heterocycles. The number of rotatable bonds is 5. The van der Waals surface area contributed by atoms with Crippen molar-refractivity contribution in [1.29, 1.82) is 0 Å². The van der Waals surface area contributed by atoms with Crippen LogP contribution in [0.3, 0.4) is 0 Å². The summed E-state index contributed by atoms with van der Waals surface area (Å²) in [5, 5.41) is 4.20. The van der Waals surface area contributed by atoms with E-state index in [1.807, 2.05) is 36.4 Å². The minimum atomic E-state index is -4.20. The molecule has 5 nitrogen and oxygen atoms in total. The van der Waals surface area contributed by atoms with Crippen molar-refractivity contribution in [3.05, 3.63) is 70.1 Å². The molecule has 0 bridgehead atoms. The number of thioether (sulfide) groups is 1. The normalized spacial score (nSPS) is 15.1. The predicted molar refractivity (Wildman–Crippen MR) is 134 cm³/mol. The Bertz CT molecular complexity index is 1490. The van der Waals surface area contributed by atoms with Crippen molar-refractivity contribution in [1.82, 2.24) is 0 Å². The lowest BCUT2D eigenvalue weighted by molar-refractivity contribution is 0.415. The van der Waals surface area contributed by atoms with E-state index < -0.39 is 15.9 Å². The van der Waals surface area contributed by atoms with Gasteiger partial charge >= 0.3 is 0 Å². The molecule has 0 amide bonds. The number of thiophene rings is 1. The molecule has 1 N–H and O–H groups in total. The molecule has 0 saturated carbocycles. The molecule has 8 heteroatoms. The van der Waals surface area contributed by atoms with Gasteiger partial charge in [0.1, 0.15) is 11.5 Å². The van der Waals surface area contributed by atoms with E-state index in [1.165, 1.54) is 32.7 Å². The zero-order chi connectivity index (χ0) is 22.5. The van der Waals surface area contributed by atoms with Crippen molar-refractivity contribution in [3.8, 4) is 5.75 Å². The first-order chi connectivity index (χ1) is 15.4. The van der Waals surface area contributed by atoms with Crippen molar-refractivity contribution >= 4 is 65.8 Å². The lowest BCUT2D eigenvalue weighted by Gasteiger charge is -2.19. The maximum atomic E-state index is 11.8. The molecule has 0 radical (unpaired) electrons. The van der Waals surface area contributed by atoms with E-state index in [-0.39, 0.29) is 0 Å². The van der Waals surface area contributed by atoms with Gasteiger partial charge in [0.25, 0.3) is 10.1 Å². The van der Waals surface area contributed by atoms with Crippen LogP contribution in [0.5, 0.6) is 5.75 Å². The van der Waals surface area contributed by atoms with Crippen LogP contribution in [0, 0.1) is 0 Å². The van der Waals surface area contributed by atoms with Gasteiger partial charge in [0.05, 0.1) is 17.8 Å². The fourth-order valence-corrected chi connectivity index (χ4v) is 7.30. The van der Waals surface area contributed by atoms with Gasteiger partial charge in [0.2, 0.25) is 0 Å². The Kier molecular flexibility index (Phi) is 5.41. The molecule has 3 aromatic carbocycles. The monoisotopic (exact) mass is 483 g/mol. The van der Waals surface area contributed by atoms with Crippen molar-refractivity contribution in [3.63, 3.8) is 0 Å². The molecule has 0 aliphatic carbocycles. The van der Waals surface area contributed by atoms with Gasteiger partial charge < -0.3 is 9.64 Å². The molecule has 4 aromatic rings. The second-order valence-corrected chi connectivity index (χ2v) is 11.1. The summed E-state index contributed by atoms with van der Waals surface area (Å²) in [5.41, 5.74) is 1.78. The van der Waals surface area contributed by atoms with Crippen LogP contribution in [0.1, 0.15) is 17.4 Å². The smallest absolute Gasteiger partial charge is 0.269 e. The summed E-state index contributed by atoms with van der Waals surface area (Å²) in [6.45, 7) is 2.90. The quantitative estimate of drug-likeness (QED) is 0.332. The molecule has 5 rings (SSSR count). The molecule has 164 valence electrons. The summed E-state index contributed by atoms with van der Waals surface area (Å²) in [6.07, 6.45) is 2.04. The number of methoxy groups -OCH3 is 1. The summed E-state index contributed by atoms with van der Waals surface area (Å²) in [6, 6.07) is 18.2. The third kappa shape index (κ3) is 3.77. The fourth-order valence-electron chi connectivity index (χ4n) is 4.13. The number of hydrogen-bond donors (Lipinski definition) is 1. The number of benzene rings is 3. The molecular weight excluding hydrogens is 462 g/mol. The minimum Gasteiger partial charge on any atom is -0.497 e. The Morgan fingerprint density at radius 1 is 1.09 bits per heavy atom. The van der Waals surface area contributed by atoms with Gasteiger partial charge in [0, 0.05) is 31.8 Å². The van der Waals surface area contributed by atoms with E-state index in [9.17, 15) is 13.0 Å². The Morgan fingerprint density at radius 2 is 1.91 bits per heavy atom. The van der Waals surface area contributed by atoms with Crippen LogP contribution in [0.25, 0.3) is 26.9 Å². The Labute approximate surface area is 195 Å². The van der Waals surface area contributed by atoms with Gasteiger partial charge in [-0.1, -0.05) is 42.1 Å². The van der Waals surface area contributed by atoms with Gasteiger partial charge in [0.15, 0.2) is 0 Å². The van der Waals surface area contributed by atoms with Crippen molar-refractivity contribution in [2.75, 3.05) is 18.6 Å². The first-order valence-electron chi connectivity index (χ1n) is 10.1. The number of ether oxygens (including phenoxy) is 1. The summed E-state index contributed by atoms with van der Waals surface area (Å²) in [7, 11) is -2.62. The topological polar surface area (TPSA) is 66.8 Å². The average Bonchev–Trinajstić information content (AvgIpc) is 3.30. The van der Waals surface area contributed by atoms with Crippen LogP contribution < -0.4 is 9.64 Å². The van der Waals surface area contributed by atoms with Crippen LogP contribution in [-0.2, 0) is 15.9 Å². The van der Waals surface area contributed by atoms with Crippen molar-refractivity contribution < 1.29 is 17.7 Å². The molecular formula is C24H21NO4S3. The predicted octanol–water partition coefficient (Wildman–Crippen LogP) is 6.38. The third-order valence-electron chi connectivity index (χ3n) is 5.54. The second kappa shape index (κ2) is 8.12. The molecule has 1 aliphatic rings. The van der Waals surface area contributed by atoms with Crippen molar-refractivity contribution in [2.45, 2.75) is 17.6 Å². The summed E-state index contributed by atoms with van der Waals surface area (Å²) >= 11 is 3.20. The molecule has 32 heavy (non-hydrogen) atoms. The lowest BCUT2D eigenvalue weighted by Crippen LogP contribution is -2.16. The Morgan fingerprint density at radius 3 is 2.66 bits per heavy atom. The maximum Gasteiger partial charge on any atom is 0.269 e. The largest absolute Gasteiger partial charge is 0.497 e. The molecule has 0 atom stereocenters. The molecule has 0 spiro atoms. The second-order valence-electron chi connectivity index (χ2n) is 7.50. The molecule has 0 fully saturated rings. The average molecular weight is 484 g/mol. The first-order valence-corrected chi connectivity index (χ1v) is 13.4. The summed E-state index contributed by atoms with van der Waals surface area (Å²) in [4.78, 5) is 4.27. The number of nitrogens with zero attached hydrogens (tertiary/aromatic N) is 1. The standard InChI is InChI=1S/C24H21NO4S3/c1-3-25-23(31-21-10-8-15-6-4-5-7-17(15)24(21)25)13-22-19(14-32(26,27)28)18-12-16(29-2)9-11-20(18)30-22/h4-13H,3,14H2,1-2H3,(H,26,27,28). The van der Waals surface area contributed by atoms with Gasteiger partial charge in [-0.3, -0.25) is 4.55 Å². The van der Waals surface area contributed by atoms with Gasteiger partial charge in [-0.2, -0.15) is 8.42 Å². The van der Waals surface area contributed by atoms with Crippen LogP contribution >= 0.6 is 23.1 Å². The number of hydrogen-bond acceptors (Lipinski definition) is 6. The van der Waals surface area contributed by atoms with E-state index in [0.29, 0.717) is 11.3 Å². The van der Waals surface area contributed by atoms with E-state index in [1.54, 1.807) is 18.9 Å². The third-order valence-corrected chi connectivity index (χ3v) is 8.45. The highest BCUT2D eigenvalue weighted by Gasteiger charge is 2.27. The van der Waals surface area contributed by atoms with E-state index in [4.69, 9.17) is 4.74 Å². The van der Waals surface area contributed by atoms with Gasteiger partial charge in [-0.15, -0.1) is 11.3 Å². The van der Waals surface area contributed by atoms with E-state index in [2.05, 4.69) is 36.1 Å². The van der Waals surface area contributed by atoms with E-state index >= 15 is 0 Å². The molecule has 0 unspecified atom stereocenters. The van der Waals surface area contributed by atoms with Crippen LogP contribution in [0.2, 0.25) is 0 Å². The Balaban J connectivity index is 1.68. The molecule has 0 saturated heterocycles. The molecule has 1 aromatic heterocycles. The van der Waals surface area contributed by atoms with Crippen LogP contribution in [0.4, 0.5) is 5.69 Å². The van der Waals surface area contributed by atoms with Crippen molar-refractivity contribution in [2.24, 2.45) is 0 Å². The van der Waals surface area contributed by atoms with Gasteiger partial charge in [-0.05, 0) is 48.2 Å². The minimum absolute atomic E-state index is 0.439. The maximum absolute atomic E-state index is 11.8. The zero-order valence-corrected chi connectivity index (χ0v) is 20.0. The van der Waals surface area contributed by atoms with Crippen LogP contribution in [0.15, 0.2) is 64.5 Å². The SMILES string of the molecule is CCN1C(=Cc2sc3ccc(OC)cc3c2CS(=O)(=O)O)Sc2ccc3ccccc3c21. The fraction of sp³-hybridized carbons (Fsp3) is 0.167. The summed E-state index contributed by atoms with van der Waals surface area (Å²) < 4.78 is 39.6. The summed E-state index contributed by atoms with van der Waals surface area (Å²) in [5.74, 6) is 0.210. The number of fused-ring (bicyclic) bond motifs is 4. The highest BCUT2D eigenvalue weighted by atomic mass is 32.2. The Hall–Kier alpha value is -2.52. The molecule has 2 heterocycles. The zero-order valence-electron chi connectivity index (χ0n) is 17.5. The van der Waals surface area contributed by atoms with Gasteiger partial charge in [-0.25, -0.2) is 0 Å². The number of anilines is 1. The lowest BCUT2D eigenvalue weighted by atomic mass is 10.1. The highest BCUT2D eigenvalue weighted by molar-refractivity contribution is 8.04. The highest BCUT2D eigenvalue weighted by Crippen LogP contribution is 2.50. The van der Waals surface area contributed by atoms with Crippen LogP contribution in [-0.4, -0.2) is 26.6 Å².